The van der Waals surface area contributed by atoms with Gasteiger partial charge in [0.1, 0.15) is 17.3 Å². The number of aromatic nitrogens is 3. The summed E-state index contributed by atoms with van der Waals surface area (Å²) in [6.45, 7) is 0.170. The monoisotopic (exact) mass is 470 g/mol. The number of amides is 4. The molecule has 0 saturated carbocycles. The van der Waals surface area contributed by atoms with Gasteiger partial charge in [-0.05, 0) is 42.3 Å². The molecule has 0 radical (unpaired) electrons. The van der Waals surface area contributed by atoms with Gasteiger partial charge in [0.2, 0.25) is 5.91 Å². The van der Waals surface area contributed by atoms with Gasteiger partial charge in [0.05, 0.1) is 17.5 Å². The molecule has 170 valence electrons. The Morgan fingerprint density at radius 2 is 2.06 bits per heavy atom. The van der Waals surface area contributed by atoms with Gasteiger partial charge in [0.25, 0.3) is 11.5 Å². The first-order valence-corrected chi connectivity index (χ1v) is 10.3. The largest absolute Gasteiger partial charge is 0.495 e. The molecule has 2 heterocycles. The number of hydrogen-bond donors (Lipinski definition) is 3. The predicted molar refractivity (Wildman–Crippen MR) is 119 cm³/mol. The Hall–Kier alpha value is -3.99. The predicted octanol–water partition coefficient (Wildman–Crippen LogP) is 1.75. The molecule has 1 atom stereocenters. The first-order valence-electron chi connectivity index (χ1n) is 9.96. The molecule has 12 heteroatoms. The number of piperidine rings is 1. The number of anilines is 1. The van der Waals surface area contributed by atoms with E-state index in [9.17, 15) is 19.2 Å². The van der Waals surface area contributed by atoms with Gasteiger partial charge in [-0.2, -0.15) is 4.68 Å². The fourth-order valence-corrected chi connectivity index (χ4v) is 3.69. The summed E-state index contributed by atoms with van der Waals surface area (Å²) in [5, 5.41) is 16.1. The van der Waals surface area contributed by atoms with Gasteiger partial charge in [-0.15, -0.1) is 5.10 Å². The zero-order valence-electron chi connectivity index (χ0n) is 17.4. The number of halogens is 1. The van der Waals surface area contributed by atoms with E-state index in [4.69, 9.17) is 16.3 Å². The first-order chi connectivity index (χ1) is 15.9. The summed E-state index contributed by atoms with van der Waals surface area (Å²) in [5.74, 6) is -0.460. The van der Waals surface area contributed by atoms with Crippen LogP contribution in [0.3, 0.4) is 0 Å². The van der Waals surface area contributed by atoms with Crippen LogP contribution in [0.4, 0.5) is 10.5 Å². The number of hydrogen-bond acceptors (Lipinski definition) is 7. The summed E-state index contributed by atoms with van der Waals surface area (Å²) in [6, 6.07) is 8.39. The summed E-state index contributed by atoms with van der Waals surface area (Å²) in [6.07, 6.45) is 0.305. The molecule has 1 unspecified atom stereocenters. The van der Waals surface area contributed by atoms with Crippen molar-refractivity contribution in [2.75, 3.05) is 12.4 Å². The minimum absolute atomic E-state index is 0.123. The van der Waals surface area contributed by atoms with Crippen molar-refractivity contribution in [2.24, 2.45) is 0 Å². The van der Waals surface area contributed by atoms with Crippen LogP contribution in [0, 0.1) is 0 Å². The van der Waals surface area contributed by atoms with E-state index < -0.39 is 23.5 Å². The van der Waals surface area contributed by atoms with Gasteiger partial charge in [0.15, 0.2) is 0 Å². The lowest BCUT2D eigenvalue weighted by Crippen LogP contribution is -2.45. The summed E-state index contributed by atoms with van der Waals surface area (Å²) < 4.78 is 6.07. The molecule has 1 fully saturated rings. The van der Waals surface area contributed by atoms with E-state index in [1.807, 2.05) is 0 Å². The number of benzene rings is 2. The van der Waals surface area contributed by atoms with Crippen molar-refractivity contribution in [3.63, 3.8) is 0 Å². The topological polar surface area (TPSA) is 144 Å². The van der Waals surface area contributed by atoms with Gasteiger partial charge in [-0.1, -0.05) is 22.9 Å². The molecule has 4 rings (SSSR count). The number of carbonyl (C=O) groups is 3. The Balaban J connectivity index is 1.44. The van der Waals surface area contributed by atoms with E-state index in [0.717, 1.165) is 4.68 Å². The van der Waals surface area contributed by atoms with Crippen LogP contribution in [0.25, 0.3) is 10.9 Å². The van der Waals surface area contributed by atoms with E-state index in [1.165, 1.54) is 7.11 Å². The van der Waals surface area contributed by atoms with Crippen LogP contribution < -0.4 is 26.2 Å². The second-order valence-corrected chi connectivity index (χ2v) is 7.72. The van der Waals surface area contributed by atoms with Gasteiger partial charge < -0.3 is 15.4 Å². The van der Waals surface area contributed by atoms with E-state index in [2.05, 4.69) is 26.3 Å². The molecule has 2 aromatic carbocycles. The van der Waals surface area contributed by atoms with Crippen LogP contribution in [0.5, 0.6) is 5.75 Å². The number of rotatable bonds is 5. The highest BCUT2D eigenvalue weighted by Gasteiger charge is 2.30. The number of ether oxygens (including phenoxy) is 1. The molecule has 1 aliphatic rings. The zero-order valence-corrected chi connectivity index (χ0v) is 18.2. The molecule has 1 saturated heterocycles. The third kappa shape index (κ3) is 4.77. The molecule has 3 aromatic rings. The Morgan fingerprint density at radius 1 is 1.24 bits per heavy atom. The minimum atomic E-state index is -0.886. The van der Waals surface area contributed by atoms with Crippen LogP contribution >= 0.6 is 11.6 Å². The highest BCUT2D eigenvalue weighted by Crippen LogP contribution is 2.27. The van der Waals surface area contributed by atoms with E-state index in [1.54, 1.807) is 36.4 Å². The smallest absolute Gasteiger partial charge is 0.319 e. The third-order valence-corrected chi connectivity index (χ3v) is 5.41. The maximum Gasteiger partial charge on any atom is 0.319 e. The SMILES string of the molecule is COc1ccc(NC(=O)NCc2ccc3c(=O)n(C4CCC(=O)NC4=O)nnc3c2)cc1Cl. The van der Waals surface area contributed by atoms with Gasteiger partial charge in [0, 0.05) is 18.7 Å². The minimum Gasteiger partial charge on any atom is -0.495 e. The average molecular weight is 471 g/mol. The fourth-order valence-electron chi connectivity index (χ4n) is 3.43. The van der Waals surface area contributed by atoms with E-state index in [-0.39, 0.29) is 30.7 Å². The molecular weight excluding hydrogens is 452 g/mol. The van der Waals surface area contributed by atoms with Crippen LogP contribution in [0.2, 0.25) is 5.02 Å². The summed E-state index contributed by atoms with van der Waals surface area (Å²) in [7, 11) is 1.50. The molecule has 1 aliphatic heterocycles. The number of nitrogens with zero attached hydrogens (tertiary/aromatic N) is 3. The maximum atomic E-state index is 12.8. The Kier molecular flexibility index (Phi) is 6.22. The standard InChI is InChI=1S/C21H19ClN6O5/c1-33-17-6-3-12(9-14(17)22)24-21(32)23-10-11-2-4-13-15(8-11)26-27-28(20(13)31)16-5-7-18(29)25-19(16)30/h2-4,6,8-9,16H,5,7,10H2,1H3,(H2,23,24,32)(H,25,29,30). The quantitative estimate of drug-likeness (QED) is 0.482. The van der Waals surface area contributed by atoms with Crippen molar-refractivity contribution in [3.8, 4) is 5.75 Å². The Bertz CT molecular complexity index is 1320. The van der Waals surface area contributed by atoms with E-state index in [0.29, 0.717) is 27.5 Å². The Labute approximate surface area is 192 Å². The molecule has 4 amide bonds. The lowest BCUT2D eigenvalue weighted by molar-refractivity contribution is -0.136. The molecule has 33 heavy (non-hydrogen) atoms. The number of imide groups is 1. The van der Waals surface area contributed by atoms with Crippen LogP contribution in [-0.4, -0.2) is 39.9 Å². The van der Waals surface area contributed by atoms with Crippen molar-refractivity contribution in [2.45, 2.75) is 25.4 Å². The number of carbonyl (C=O) groups excluding carboxylic acids is 3. The molecule has 1 aromatic heterocycles. The summed E-state index contributed by atoms with van der Waals surface area (Å²) in [4.78, 5) is 48.4. The molecule has 0 bridgehead atoms. The highest BCUT2D eigenvalue weighted by atomic mass is 35.5. The van der Waals surface area contributed by atoms with Crippen molar-refractivity contribution in [1.82, 2.24) is 25.6 Å². The van der Waals surface area contributed by atoms with Crippen LogP contribution in [0.1, 0.15) is 24.4 Å². The molecule has 0 aliphatic carbocycles. The van der Waals surface area contributed by atoms with Crippen molar-refractivity contribution >= 4 is 46.0 Å². The normalized spacial score (nSPS) is 15.8. The number of methoxy groups -OCH3 is 1. The lowest BCUT2D eigenvalue weighted by atomic mass is 10.1. The fraction of sp³-hybridized carbons (Fsp3) is 0.238. The summed E-state index contributed by atoms with van der Waals surface area (Å²) in [5.41, 5.74) is 1.03. The number of nitrogens with one attached hydrogen (secondary N) is 3. The van der Waals surface area contributed by atoms with E-state index >= 15 is 0 Å². The number of urea groups is 1. The van der Waals surface area contributed by atoms with Gasteiger partial charge in [-0.3, -0.25) is 19.7 Å². The lowest BCUT2D eigenvalue weighted by Gasteiger charge is -2.21. The number of fused-ring (bicyclic) bond motifs is 1. The van der Waals surface area contributed by atoms with Gasteiger partial charge >= 0.3 is 6.03 Å². The second-order valence-electron chi connectivity index (χ2n) is 7.31. The van der Waals surface area contributed by atoms with Crippen LogP contribution in [-0.2, 0) is 16.1 Å². The molecular formula is C21H19ClN6O5. The molecule has 0 spiro atoms. The molecule has 11 nitrogen and oxygen atoms in total. The van der Waals surface area contributed by atoms with Crippen molar-refractivity contribution in [1.29, 1.82) is 0 Å². The first kappa shape index (κ1) is 22.2. The second kappa shape index (κ2) is 9.25. The summed E-state index contributed by atoms with van der Waals surface area (Å²) >= 11 is 6.06. The van der Waals surface area contributed by atoms with Crippen molar-refractivity contribution < 1.29 is 19.1 Å². The van der Waals surface area contributed by atoms with Crippen molar-refractivity contribution in [3.05, 3.63) is 57.3 Å². The Morgan fingerprint density at radius 3 is 2.79 bits per heavy atom. The highest BCUT2D eigenvalue weighted by molar-refractivity contribution is 6.32. The van der Waals surface area contributed by atoms with Gasteiger partial charge in [-0.25, -0.2) is 4.79 Å². The van der Waals surface area contributed by atoms with Crippen LogP contribution in [0.15, 0.2) is 41.2 Å². The molecule has 3 N–H and O–H groups in total. The zero-order chi connectivity index (χ0) is 23.5. The maximum absolute atomic E-state index is 12.8. The average Bonchev–Trinajstić information content (AvgIpc) is 2.79. The third-order valence-electron chi connectivity index (χ3n) is 5.12.